The summed E-state index contributed by atoms with van der Waals surface area (Å²) in [6.07, 6.45) is 0. The van der Waals surface area contributed by atoms with Crippen LogP contribution < -0.4 is 14.4 Å². The van der Waals surface area contributed by atoms with Gasteiger partial charge in [-0.05, 0) is 42.0 Å². The summed E-state index contributed by atoms with van der Waals surface area (Å²) in [6.45, 7) is 1.86. The predicted molar refractivity (Wildman–Crippen MR) is 87.6 cm³/mol. The van der Waals surface area contributed by atoms with Crippen LogP contribution in [-0.4, -0.2) is 20.1 Å². The molecule has 0 atom stereocenters. The predicted octanol–water partition coefficient (Wildman–Crippen LogP) is 3.13. The molecule has 0 fully saturated rings. The molecule has 0 aliphatic carbocycles. The summed E-state index contributed by atoms with van der Waals surface area (Å²) in [4.78, 5) is 12.9. The third-order valence-corrected chi connectivity index (χ3v) is 3.49. The Kier molecular flexibility index (Phi) is 5.21. The maximum atomic E-state index is 11.3. The summed E-state index contributed by atoms with van der Waals surface area (Å²) in [5.41, 5.74) is 2.17. The fraction of sp³-hybridized carbons (Fsp3) is 0.222. The van der Waals surface area contributed by atoms with Crippen molar-refractivity contribution in [1.82, 2.24) is 0 Å². The highest BCUT2D eigenvalue weighted by Gasteiger charge is 2.06. The van der Waals surface area contributed by atoms with E-state index in [9.17, 15) is 4.79 Å². The smallest absolute Gasteiger partial charge is 0.223 e. The van der Waals surface area contributed by atoms with Crippen LogP contribution in [0, 0.1) is 11.3 Å². The minimum Gasteiger partial charge on any atom is -0.495 e. The first-order chi connectivity index (χ1) is 11.0. The molecule has 0 aliphatic rings. The van der Waals surface area contributed by atoms with Crippen LogP contribution in [0.2, 0.25) is 0 Å². The summed E-state index contributed by atoms with van der Waals surface area (Å²) in [7, 11) is 3.25. The zero-order chi connectivity index (χ0) is 16.8. The zero-order valence-corrected chi connectivity index (χ0v) is 13.4. The first-order valence-electron chi connectivity index (χ1n) is 7.09. The first kappa shape index (κ1) is 16.4. The van der Waals surface area contributed by atoms with E-state index in [1.165, 1.54) is 14.0 Å². The van der Waals surface area contributed by atoms with Crippen LogP contribution >= 0.6 is 0 Å². The van der Waals surface area contributed by atoms with Gasteiger partial charge in [-0.2, -0.15) is 5.26 Å². The molecule has 0 unspecified atom stereocenters. The number of carbonyl (C=O) groups excluding carboxylic acids is 1. The third-order valence-electron chi connectivity index (χ3n) is 3.49. The molecule has 2 rings (SSSR count). The van der Waals surface area contributed by atoms with E-state index >= 15 is 0 Å². The average Bonchev–Trinajstić information content (AvgIpc) is 2.59. The maximum absolute atomic E-state index is 11.3. The molecule has 0 aromatic heterocycles. The van der Waals surface area contributed by atoms with Gasteiger partial charge in [0.2, 0.25) is 5.91 Å². The highest BCUT2D eigenvalue weighted by Crippen LogP contribution is 2.22. The van der Waals surface area contributed by atoms with Crippen LogP contribution in [0.5, 0.6) is 11.5 Å². The van der Waals surface area contributed by atoms with Crippen LogP contribution in [0.1, 0.15) is 18.1 Å². The normalized spacial score (nSPS) is 9.83. The molecule has 2 aromatic carbocycles. The van der Waals surface area contributed by atoms with Crippen LogP contribution in [0.3, 0.4) is 0 Å². The quantitative estimate of drug-likeness (QED) is 0.851. The van der Waals surface area contributed by atoms with Gasteiger partial charge in [0.25, 0.3) is 0 Å². The Morgan fingerprint density at radius 3 is 2.48 bits per heavy atom. The lowest BCUT2D eigenvalue weighted by molar-refractivity contribution is -0.116. The minimum absolute atomic E-state index is 0.0269. The molecule has 0 heterocycles. The van der Waals surface area contributed by atoms with Crippen molar-refractivity contribution in [2.24, 2.45) is 0 Å². The Morgan fingerprint density at radius 1 is 1.22 bits per heavy atom. The second-order valence-corrected chi connectivity index (χ2v) is 5.01. The molecule has 0 radical (unpaired) electrons. The standard InChI is InChI=1S/C18H18N2O3/c1-13(21)20(2)16-5-7-17(8-6-16)23-12-14-4-9-18(22-3)15(10-14)11-19/h4-10H,12H2,1-3H3. The molecule has 0 spiro atoms. The number of hydrogen-bond acceptors (Lipinski definition) is 4. The topological polar surface area (TPSA) is 62.6 Å². The Balaban J connectivity index is 2.04. The van der Waals surface area contributed by atoms with E-state index in [0.717, 1.165) is 11.3 Å². The fourth-order valence-electron chi connectivity index (χ4n) is 2.05. The maximum Gasteiger partial charge on any atom is 0.223 e. The van der Waals surface area contributed by atoms with E-state index in [4.69, 9.17) is 14.7 Å². The number of carbonyl (C=O) groups is 1. The van der Waals surface area contributed by atoms with Gasteiger partial charge in [-0.15, -0.1) is 0 Å². The number of rotatable bonds is 5. The Bertz CT molecular complexity index is 733. The van der Waals surface area contributed by atoms with Crippen molar-refractivity contribution < 1.29 is 14.3 Å². The summed E-state index contributed by atoms with van der Waals surface area (Å²) in [5.74, 6) is 1.22. The number of hydrogen-bond donors (Lipinski definition) is 0. The van der Waals surface area contributed by atoms with Gasteiger partial charge in [-0.3, -0.25) is 4.79 Å². The molecule has 0 saturated heterocycles. The Labute approximate surface area is 135 Å². The molecular weight excluding hydrogens is 292 g/mol. The number of amides is 1. The van der Waals surface area contributed by atoms with Gasteiger partial charge in [-0.1, -0.05) is 6.07 Å². The number of nitriles is 1. The second kappa shape index (κ2) is 7.32. The molecule has 118 valence electrons. The largest absolute Gasteiger partial charge is 0.495 e. The number of anilines is 1. The van der Waals surface area contributed by atoms with Gasteiger partial charge in [0.05, 0.1) is 12.7 Å². The van der Waals surface area contributed by atoms with Crippen LogP contribution in [0.15, 0.2) is 42.5 Å². The van der Waals surface area contributed by atoms with Crippen molar-refractivity contribution in [3.8, 4) is 17.6 Å². The molecule has 2 aromatic rings. The van der Waals surface area contributed by atoms with Crippen molar-refractivity contribution in [2.45, 2.75) is 13.5 Å². The molecule has 1 amide bonds. The van der Waals surface area contributed by atoms with Gasteiger partial charge in [0, 0.05) is 19.7 Å². The van der Waals surface area contributed by atoms with Crippen LogP contribution in [0.25, 0.3) is 0 Å². The lowest BCUT2D eigenvalue weighted by Crippen LogP contribution is -2.22. The van der Waals surface area contributed by atoms with Gasteiger partial charge >= 0.3 is 0 Å². The third kappa shape index (κ3) is 4.01. The second-order valence-electron chi connectivity index (χ2n) is 5.01. The van der Waals surface area contributed by atoms with E-state index < -0.39 is 0 Å². The number of nitrogens with zero attached hydrogens (tertiary/aromatic N) is 2. The Hall–Kier alpha value is -3.00. The highest BCUT2D eigenvalue weighted by atomic mass is 16.5. The molecular formula is C18H18N2O3. The lowest BCUT2D eigenvalue weighted by Gasteiger charge is -2.15. The fourth-order valence-corrected chi connectivity index (χ4v) is 2.05. The summed E-state index contributed by atoms with van der Waals surface area (Å²) in [5, 5.41) is 9.08. The summed E-state index contributed by atoms with van der Waals surface area (Å²) in [6, 6.07) is 14.7. The molecule has 0 aliphatic heterocycles. The van der Waals surface area contributed by atoms with Gasteiger partial charge in [0.15, 0.2) is 0 Å². The van der Waals surface area contributed by atoms with Crippen molar-refractivity contribution >= 4 is 11.6 Å². The summed E-state index contributed by atoms with van der Waals surface area (Å²) >= 11 is 0. The summed E-state index contributed by atoms with van der Waals surface area (Å²) < 4.78 is 10.8. The van der Waals surface area contributed by atoms with Crippen LogP contribution in [-0.2, 0) is 11.4 Å². The minimum atomic E-state index is -0.0269. The monoisotopic (exact) mass is 310 g/mol. The van der Waals surface area contributed by atoms with Gasteiger partial charge in [-0.25, -0.2) is 0 Å². The Morgan fingerprint density at radius 2 is 1.91 bits per heavy atom. The SMILES string of the molecule is COc1ccc(COc2ccc(N(C)C(C)=O)cc2)cc1C#N. The van der Waals surface area contributed by atoms with Crippen molar-refractivity contribution in [2.75, 3.05) is 19.1 Å². The molecule has 23 heavy (non-hydrogen) atoms. The van der Waals surface area contributed by atoms with E-state index in [0.29, 0.717) is 23.7 Å². The van der Waals surface area contributed by atoms with Crippen LogP contribution in [0.4, 0.5) is 5.69 Å². The number of ether oxygens (including phenoxy) is 2. The number of methoxy groups -OCH3 is 1. The zero-order valence-electron chi connectivity index (χ0n) is 13.4. The number of benzene rings is 2. The van der Waals surface area contributed by atoms with E-state index in [1.807, 2.05) is 30.3 Å². The first-order valence-corrected chi connectivity index (χ1v) is 7.09. The molecule has 5 heteroatoms. The van der Waals surface area contributed by atoms with E-state index in [-0.39, 0.29) is 5.91 Å². The van der Waals surface area contributed by atoms with Crippen molar-refractivity contribution in [3.05, 3.63) is 53.6 Å². The average molecular weight is 310 g/mol. The van der Waals surface area contributed by atoms with Crippen molar-refractivity contribution in [3.63, 3.8) is 0 Å². The van der Waals surface area contributed by atoms with Gasteiger partial charge in [0.1, 0.15) is 24.2 Å². The highest BCUT2D eigenvalue weighted by molar-refractivity contribution is 5.90. The molecule has 0 N–H and O–H groups in total. The van der Waals surface area contributed by atoms with E-state index in [2.05, 4.69) is 6.07 Å². The van der Waals surface area contributed by atoms with E-state index in [1.54, 1.807) is 24.1 Å². The van der Waals surface area contributed by atoms with Gasteiger partial charge < -0.3 is 14.4 Å². The molecule has 0 saturated carbocycles. The lowest BCUT2D eigenvalue weighted by atomic mass is 10.1. The molecule has 0 bridgehead atoms. The molecule has 5 nitrogen and oxygen atoms in total. The van der Waals surface area contributed by atoms with Crippen molar-refractivity contribution in [1.29, 1.82) is 5.26 Å².